The van der Waals surface area contributed by atoms with Gasteiger partial charge in [0.2, 0.25) is 0 Å². The molecule has 6 aromatic carbocycles. The third-order valence-electron chi connectivity index (χ3n) is 7.50. The van der Waals surface area contributed by atoms with E-state index in [2.05, 4.69) is 97.1 Å². The van der Waals surface area contributed by atoms with Crippen LogP contribution in [-0.2, 0) is 0 Å². The van der Waals surface area contributed by atoms with Crippen molar-refractivity contribution in [3.8, 4) is 44.5 Å². The minimum absolute atomic E-state index is 0.708. The van der Waals surface area contributed by atoms with Crippen LogP contribution in [0.3, 0.4) is 0 Å². The van der Waals surface area contributed by atoms with Gasteiger partial charge >= 0.3 is 0 Å². The van der Waals surface area contributed by atoms with Crippen molar-refractivity contribution in [1.82, 2.24) is 15.0 Å². The molecular formula is C37H23N3S. The maximum absolute atomic E-state index is 5.16. The van der Waals surface area contributed by atoms with E-state index < -0.39 is 0 Å². The van der Waals surface area contributed by atoms with Crippen molar-refractivity contribution in [1.29, 1.82) is 0 Å². The van der Waals surface area contributed by atoms with Gasteiger partial charge in [-0.3, -0.25) is 0 Å². The maximum atomic E-state index is 5.16. The summed E-state index contributed by atoms with van der Waals surface area (Å²) in [4.78, 5) is 15.3. The topological polar surface area (TPSA) is 38.7 Å². The Balaban J connectivity index is 1.36. The van der Waals surface area contributed by atoms with Crippen molar-refractivity contribution in [3.05, 3.63) is 140 Å². The molecule has 0 fully saturated rings. The number of thiazole rings is 1. The monoisotopic (exact) mass is 541 g/mol. The van der Waals surface area contributed by atoms with Gasteiger partial charge in [0.1, 0.15) is 5.01 Å². The van der Waals surface area contributed by atoms with Gasteiger partial charge in [-0.1, -0.05) is 121 Å². The molecule has 0 aliphatic carbocycles. The van der Waals surface area contributed by atoms with E-state index in [0.29, 0.717) is 5.82 Å². The number of rotatable bonds is 4. The van der Waals surface area contributed by atoms with Gasteiger partial charge in [0.15, 0.2) is 5.82 Å². The minimum atomic E-state index is 0.708. The minimum Gasteiger partial charge on any atom is -0.235 e. The fraction of sp³-hybridized carbons (Fsp3) is 0. The first-order chi connectivity index (χ1) is 20.3. The molecule has 8 aromatic rings. The zero-order valence-electron chi connectivity index (χ0n) is 22.0. The van der Waals surface area contributed by atoms with Crippen LogP contribution < -0.4 is 0 Å². The first-order valence-electron chi connectivity index (χ1n) is 13.6. The summed E-state index contributed by atoms with van der Waals surface area (Å²) in [5.41, 5.74) is 7.11. The molecule has 0 radical (unpaired) electrons. The second-order valence-electron chi connectivity index (χ2n) is 10.1. The highest BCUT2D eigenvalue weighted by molar-refractivity contribution is 7.21. The summed E-state index contributed by atoms with van der Waals surface area (Å²) >= 11 is 1.74. The number of nitrogens with zero attached hydrogens (tertiary/aromatic N) is 3. The lowest BCUT2D eigenvalue weighted by atomic mass is 9.98. The average molecular weight is 542 g/mol. The zero-order chi connectivity index (χ0) is 27.2. The van der Waals surface area contributed by atoms with Crippen LogP contribution in [0.2, 0.25) is 0 Å². The lowest BCUT2D eigenvalue weighted by Crippen LogP contribution is -1.96. The molecule has 0 bridgehead atoms. The zero-order valence-corrected chi connectivity index (χ0v) is 22.8. The molecule has 2 aromatic heterocycles. The lowest BCUT2D eigenvalue weighted by Gasteiger charge is -2.11. The molecular weight excluding hydrogens is 518 g/mol. The van der Waals surface area contributed by atoms with Crippen LogP contribution >= 0.6 is 11.3 Å². The summed E-state index contributed by atoms with van der Waals surface area (Å²) in [6.45, 7) is 0. The number of benzene rings is 6. The van der Waals surface area contributed by atoms with Gasteiger partial charge in [-0.15, -0.1) is 11.3 Å². The Morgan fingerprint density at radius 3 is 1.66 bits per heavy atom. The standard InChI is InChI=1S/C37H23N3S/c1-4-10-25(11-5-1)31-23-32(26-12-6-2-7-13-26)39-36(38-31)29-19-17-24-16-18-27-20-21-33-35(34(27)30(24)22-29)40-37(41-33)28-14-8-3-9-15-28/h1-23H. The Labute approximate surface area is 241 Å². The van der Waals surface area contributed by atoms with Crippen LogP contribution in [0, 0.1) is 0 Å². The van der Waals surface area contributed by atoms with Crippen molar-refractivity contribution >= 4 is 43.1 Å². The fourth-order valence-corrected chi connectivity index (χ4v) is 6.44. The van der Waals surface area contributed by atoms with Crippen molar-refractivity contribution in [2.75, 3.05) is 0 Å². The van der Waals surface area contributed by atoms with Crippen LogP contribution in [0.1, 0.15) is 0 Å². The largest absolute Gasteiger partial charge is 0.235 e. The molecule has 41 heavy (non-hydrogen) atoms. The molecule has 0 unspecified atom stereocenters. The van der Waals surface area contributed by atoms with Crippen molar-refractivity contribution < 1.29 is 0 Å². The number of hydrogen-bond donors (Lipinski definition) is 0. The van der Waals surface area contributed by atoms with Crippen molar-refractivity contribution in [2.45, 2.75) is 0 Å². The average Bonchev–Trinajstić information content (AvgIpc) is 3.50. The molecule has 0 atom stereocenters. The summed E-state index contributed by atoms with van der Waals surface area (Å²) in [5.74, 6) is 0.708. The molecule has 0 saturated heterocycles. The highest BCUT2D eigenvalue weighted by Gasteiger charge is 2.15. The molecule has 0 N–H and O–H groups in total. The molecule has 4 heteroatoms. The third-order valence-corrected chi connectivity index (χ3v) is 8.57. The Bertz CT molecular complexity index is 2130. The SMILES string of the molecule is c1ccc(-c2cc(-c3ccccc3)nc(-c3ccc4ccc5ccc6sc(-c7ccccc7)nc6c5c4c3)n2)cc1. The van der Waals surface area contributed by atoms with Crippen LogP contribution in [0.4, 0.5) is 0 Å². The van der Waals surface area contributed by atoms with Gasteiger partial charge < -0.3 is 0 Å². The van der Waals surface area contributed by atoms with Gasteiger partial charge in [-0.2, -0.15) is 0 Å². The van der Waals surface area contributed by atoms with Gasteiger partial charge in [0.05, 0.1) is 21.6 Å². The maximum Gasteiger partial charge on any atom is 0.160 e. The van der Waals surface area contributed by atoms with E-state index >= 15 is 0 Å². The molecule has 2 heterocycles. The highest BCUT2D eigenvalue weighted by Crippen LogP contribution is 2.38. The summed E-state index contributed by atoms with van der Waals surface area (Å²) < 4.78 is 1.18. The Morgan fingerprint density at radius 1 is 0.439 bits per heavy atom. The number of hydrogen-bond acceptors (Lipinski definition) is 4. The first-order valence-corrected chi connectivity index (χ1v) is 14.4. The lowest BCUT2D eigenvalue weighted by molar-refractivity contribution is 1.18. The first kappa shape index (κ1) is 23.7. The molecule has 0 saturated carbocycles. The van der Waals surface area contributed by atoms with Crippen LogP contribution in [-0.4, -0.2) is 15.0 Å². The van der Waals surface area contributed by atoms with E-state index in [1.807, 2.05) is 42.5 Å². The summed E-state index contributed by atoms with van der Waals surface area (Å²) in [7, 11) is 0. The third kappa shape index (κ3) is 4.26. The number of aromatic nitrogens is 3. The van der Waals surface area contributed by atoms with Crippen LogP contribution in [0.25, 0.3) is 76.2 Å². The second-order valence-corrected chi connectivity index (χ2v) is 11.1. The van der Waals surface area contributed by atoms with Gasteiger partial charge in [-0.05, 0) is 34.4 Å². The highest BCUT2D eigenvalue weighted by atomic mass is 32.1. The van der Waals surface area contributed by atoms with Gasteiger partial charge in [0.25, 0.3) is 0 Å². The van der Waals surface area contributed by atoms with Crippen LogP contribution in [0.15, 0.2) is 140 Å². The van der Waals surface area contributed by atoms with Crippen LogP contribution in [0.5, 0.6) is 0 Å². The van der Waals surface area contributed by atoms with Crippen molar-refractivity contribution in [3.63, 3.8) is 0 Å². The fourth-order valence-electron chi connectivity index (χ4n) is 5.46. The molecule has 192 valence electrons. The van der Waals surface area contributed by atoms with Gasteiger partial charge in [-0.25, -0.2) is 15.0 Å². The molecule has 0 amide bonds. The van der Waals surface area contributed by atoms with E-state index in [1.165, 1.54) is 20.9 Å². The van der Waals surface area contributed by atoms with E-state index in [4.69, 9.17) is 15.0 Å². The smallest absolute Gasteiger partial charge is 0.160 e. The molecule has 0 aliphatic heterocycles. The summed E-state index contributed by atoms with van der Waals surface area (Å²) in [6.07, 6.45) is 0. The van der Waals surface area contributed by atoms with E-state index in [0.717, 1.165) is 49.6 Å². The molecule has 3 nitrogen and oxygen atoms in total. The number of fused-ring (bicyclic) bond motifs is 5. The van der Waals surface area contributed by atoms with Crippen molar-refractivity contribution in [2.24, 2.45) is 0 Å². The van der Waals surface area contributed by atoms with Gasteiger partial charge in [0, 0.05) is 27.6 Å². The van der Waals surface area contributed by atoms with E-state index in [9.17, 15) is 0 Å². The summed E-state index contributed by atoms with van der Waals surface area (Å²) in [6, 6.07) is 48.4. The summed E-state index contributed by atoms with van der Waals surface area (Å²) in [5, 5.41) is 5.71. The predicted molar refractivity (Wildman–Crippen MR) is 172 cm³/mol. The Kier molecular flexibility index (Phi) is 5.64. The Morgan fingerprint density at radius 2 is 1.00 bits per heavy atom. The molecule has 0 spiro atoms. The predicted octanol–water partition coefficient (Wildman–Crippen LogP) is 10.1. The Hall–Kier alpha value is -5.19. The quantitative estimate of drug-likeness (QED) is 0.208. The normalized spacial score (nSPS) is 11.4. The molecule has 0 aliphatic rings. The second kappa shape index (κ2) is 9.77. The molecule has 8 rings (SSSR count). The van der Waals surface area contributed by atoms with E-state index in [-0.39, 0.29) is 0 Å². The van der Waals surface area contributed by atoms with E-state index in [1.54, 1.807) is 11.3 Å².